The number of thiocarbonyl (C=S) groups is 1. The Morgan fingerprint density at radius 2 is 1.94 bits per heavy atom. The maximum absolute atomic E-state index is 13.2. The molecule has 9 nitrogen and oxygen atoms in total. The van der Waals surface area contributed by atoms with E-state index < -0.39 is 27.7 Å². The van der Waals surface area contributed by atoms with E-state index in [1.54, 1.807) is 0 Å². The molecule has 1 aromatic carbocycles. The van der Waals surface area contributed by atoms with Crippen LogP contribution in [0.3, 0.4) is 0 Å². The third-order valence-corrected chi connectivity index (χ3v) is 5.96. The maximum Gasteiger partial charge on any atom is 0.270 e. The molecule has 1 N–H and O–H groups in total. The third kappa shape index (κ3) is 5.25. The van der Waals surface area contributed by atoms with Crippen LogP contribution in [-0.4, -0.2) is 42.5 Å². The molecule has 0 bridgehead atoms. The molecule has 32 heavy (non-hydrogen) atoms. The summed E-state index contributed by atoms with van der Waals surface area (Å²) in [7, 11) is -3.58. The molecular formula is C20H17FN4O5S2. The van der Waals surface area contributed by atoms with Crippen molar-refractivity contribution in [3.05, 3.63) is 59.3 Å². The van der Waals surface area contributed by atoms with Crippen LogP contribution in [0.2, 0.25) is 0 Å². The van der Waals surface area contributed by atoms with E-state index in [1.807, 2.05) is 6.07 Å². The zero-order valence-corrected chi connectivity index (χ0v) is 18.4. The molecule has 1 aliphatic heterocycles. The topological polar surface area (TPSA) is 124 Å². The van der Waals surface area contributed by atoms with Gasteiger partial charge in [-0.25, -0.2) is 12.8 Å². The second-order valence-corrected chi connectivity index (χ2v) is 9.11. The molecule has 1 fully saturated rings. The molecule has 0 radical (unpaired) electrons. The molecule has 2 amide bonds. The fourth-order valence-corrected chi connectivity index (χ4v) is 3.96. The van der Waals surface area contributed by atoms with Gasteiger partial charge in [0.25, 0.3) is 11.8 Å². The van der Waals surface area contributed by atoms with Crippen LogP contribution in [0.1, 0.15) is 17.9 Å². The Hall–Kier alpha value is -3.40. The Morgan fingerprint density at radius 3 is 2.56 bits per heavy atom. The highest BCUT2D eigenvalue weighted by Crippen LogP contribution is 2.23. The average Bonchev–Trinajstić information content (AvgIpc) is 3.16. The van der Waals surface area contributed by atoms with E-state index in [4.69, 9.17) is 21.9 Å². The highest BCUT2D eigenvalue weighted by molar-refractivity contribution is 7.88. The lowest BCUT2D eigenvalue weighted by atomic mass is 10.1. The van der Waals surface area contributed by atoms with Crippen molar-refractivity contribution in [2.24, 2.45) is 0 Å². The van der Waals surface area contributed by atoms with Gasteiger partial charge in [-0.1, -0.05) is 0 Å². The van der Waals surface area contributed by atoms with Crippen molar-refractivity contribution in [1.29, 1.82) is 5.26 Å². The first-order chi connectivity index (χ1) is 15.1. The summed E-state index contributed by atoms with van der Waals surface area (Å²) >= 11 is 5.08. The van der Waals surface area contributed by atoms with Crippen LogP contribution in [0.4, 0.5) is 10.1 Å². The molecule has 0 spiro atoms. The number of carbonyl (C=O) groups excluding carboxylic acids is 2. The van der Waals surface area contributed by atoms with Crippen molar-refractivity contribution in [1.82, 2.24) is 9.62 Å². The van der Waals surface area contributed by atoms with Gasteiger partial charge < -0.3 is 4.42 Å². The smallest absolute Gasteiger partial charge is 0.270 e. The Labute approximate surface area is 188 Å². The summed E-state index contributed by atoms with van der Waals surface area (Å²) in [5.74, 6) is -1.56. The Bertz CT molecular complexity index is 1250. The number of rotatable bonds is 7. The van der Waals surface area contributed by atoms with Crippen LogP contribution >= 0.6 is 12.2 Å². The van der Waals surface area contributed by atoms with E-state index in [2.05, 4.69) is 5.32 Å². The first-order valence-corrected chi connectivity index (χ1v) is 11.4. The molecule has 0 aliphatic carbocycles. The van der Waals surface area contributed by atoms with Gasteiger partial charge in [0, 0.05) is 13.0 Å². The largest absolute Gasteiger partial charge is 0.460 e. The van der Waals surface area contributed by atoms with Gasteiger partial charge in [0.15, 0.2) is 5.11 Å². The number of hydrogen-bond donors (Lipinski definition) is 1. The van der Waals surface area contributed by atoms with Crippen molar-refractivity contribution >= 4 is 50.9 Å². The number of nitrogens with zero attached hydrogens (tertiary/aromatic N) is 3. The molecule has 1 aromatic heterocycles. The summed E-state index contributed by atoms with van der Waals surface area (Å²) in [6.45, 7) is -0.118. The number of benzene rings is 1. The number of hydrogen-bond acceptors (Lipinski definition) is 7. The second-order valence-electron chi connectivity index (χ2n) is 6.74. The zero-order valence-electron chi connectivity index (χ0n) is 16.7. The summed E-state index contributed by atoms with van der Waals surface area (Å²) in [4.78, 5) is 26.3. The fraction of sp³-hybridized carbons (Fsp3) is 0.200. The molecule has 1 saturated heterocycles. The predicted molar refractivity (Wildman–Crippen MR) is 117 cm³/mol. The molecule has 0 saturated carbocycles. The Morgan fingerprint density at radius 1 is 1.25 bits per heavy atom. The number of furan rings is 1. The highest BCUT2D eigenvalue weighted by Gasteiger charge is 2.34. The standard InChI is InChI=1S/C20H17FN4O5S2/c1-32(28,29)24(10-2-9-22)12-16-8-7-15(30-16)11-17-18(26)23-20(31)25(19(17)27)14-5-3-13(21)4-6-14/h3-8,11H,2,10,12H2,1H3,(H,23,26,31)/b17-11+. The normalized spacial score (nSPS) is 15.9. The van der Waals surface area contributed by atoms with Crippen molar-refractivity contribution in [2.45, 2.75) is 13.0 Å². The van der Waals surface area contributed by atoms with Gasteiger partial charge >= 0.3 is 0 Å². The minimum atomic E-state index is -3.58. The van der Waals surface area contributed by atoms with Crippen LogP contribution in [0.15, 0.2) is 46.4 Å². The summed E-state index contributed by atoms with van der Waals surface area (Å²) in [6.07, 6.45) is 2.24. The second kappa shape index (κ2) is 9.39. The van der Waals surface area contributed by atoms with Gasteiger partial charge in [0.2, 0.25) is 10.0 Å². The molecule has 1 aliphatic rings. The summed E-state index contributed by atoms with van der Waals surface area (Å²) in [5.41, 5.74) is 0.00185. The van der Waals surface area contributed by atoms with Crippen molar-refractivity contribution < 1.29 is 26.8 Å². The quantitative estimate of drug-likeness (QED) is 0.368. The van der Waals surface area contributed by atoms with Gasteiger partial charge in [0.1, 0.15) is 22.9 Å². The number of nitrogens with one attached hydrogen (secondary N) is 1. The van der Waals surface area contributed by atoms with E-state index in [0.29, 0.717) is 0 Å². The first-order valence-electron chi connectivity index (χ1n) is 9.18. The lowest BCUT2D eigenvalue weighted by Gasteiger charge is -2.28. The number of carbonyl (C=O) groups is 2. The van der Waals surface area contributed by atoms with Crippen LogP contribution < -0.4 is 10.2 Å². The van der Waals surface area contributed by atoms with Gasteiger partial charge in [-0.05, 0) is 54.7 Å². The molecule has 3 rings (SSSR count). The van der Waals surface area contributed by atoms with E-state index >= 15 is 0 Å². The van der Waals surface area contributed by atoms with Crippen molar-refractivity contribution in [3.8, 4) is 6.07 Å². The Balaban J connectivity index is 1.86. The highest BCUT2D eigenvalue weighted by atomic mass is 32.2. The minimum absolute atomic E-state index is 0.00256. The molecule has 0 atom stereocenters. The molecule has 166 valence electrons. The minimum Gasteiger partial charge on any atom is -0.460 e. The number of halogens is 1. The van der Waals surface area contributed by atoms with Gasteiger partial charge in [-0.3, -0.25) is 19.8 Å². The molecule has 2 aromatic rings. The summed E-state index contributed by atoms with van der Waals surface area (Å²) in [5, 5.41) is 11.0. The van der Waals surface area contributed by atoms with Gasteiger partial charge in [-0.2, -0.15) is 9.57 Å². The fourth-order valence-electron chi connectivity index (χ4n) is 2.89. The lowest BCUT2D eigenvalue weighted by Crippen LogP contribution is -2.54. The van der Waals surface area contributed by atoms with Crippen molar-refractivity contribution in [2.75, 3.05) is 17.7 Å². The van der Waals surface area contributed by atoms with Crippen LogP contribution in [-0.2, 0) is 26.2 Å². The van der Waals surface area contributed by atoms with E-state index in [-0.39, 0.29) is 47.4 Å². The SMILES string of the molecule is CS(=O)(=O)N(CCC#N)Cc1ccc(/C=C2\C(=O)NC(=S)N(c3ccc(F)cc3)C2=O)o1. The van der Waals surface area contributed by atoms with Gasteiger partial charge in [0.05, 0.1) is 24.6 Å². The predicted octanol–water partition coefficient (Wildman–Crippen LogP) is 1.93. The van der Waals surface area contributed by atoms with Crippen molar-refractivity contribution in [3.63, 3.8) is 0 Å². The summed E-state index contributed by atoms with van der Waals surface area (Å²) in [6, 6.07) is 9.87. The average molecular weight is 477 g/mol. The van der Waals surface area contributed by atoms with Crippen LogP contribution in [0.5, 0.6) is 0 Å². The first kappa shape index (κ1) is 23.3. The number of amides is 2. The molecule has 0 unspecified atom stereocenters. The van der Waals surface area contributed by atoms with Crippen LogP contribution in [0.25, 0.3) is 6.08 Å². The number of sulfonamides is 1. The molecular weight excluding hydrogens is 459 g/mol. The molecule has 2 heterocycles. The lowest BCUT2D eigenvalue weighted by molar-refractivity contribution is -0.122. The third-order valence-electron chi connectivity index (χ3n) is 4.43. The molecule has 12 heteroatoms. The zero-order chi connectivity index (χ0) is 23.5. The number of anilines is 1. The van der Waals surface area contributed by atoms with E-state index in [1.165, 1.54) is 30.3 Å². The van der Waals surface area contributed by atoms with E-state index in [9.17, 15) is 22.4 Å². The monoisotopic (exact) mass is 476 g/mol. The maximum atomic E-state index is 13.2. The van der Waals surface area contributed by atoms with E-state index in [0.717, 1.165) is 27.6 Å². The summed E-state index contributed by atoms with van der Waals surface area (Å²) < 4.78 is 43.7. The van der Waals surface area contributed by atoms with Gasteiger partial charge in [-0.15, -0.1) is 0 Å². The number of nitriles is 1. The Kier molecular flexibility index (Phi) is 6.83. The van der Waals surface area contributed by atoms with Crippen LogP contribution in [0, 0.1) is 17.1 Å².